The fourth-order valence-electron chi connectivity index (χ4n) is 3.60. The van der Waals surface area contributed by atoms with Crippen molar-refractivity contribution in [1.29, 1.82) is 0 Å². The largest absolute Gasteiger partial charge is 0.308 e. The van der Waals surface area contributed by atoms with E-state index in [0.29, 0.717) is 21.8 Å². The zero-order valence-electron chi connectivity index (χ0n) is 17.0. The van der Waals surface area contributed by atoms with Crippen molar-refractivity contribution in [2.24, 2.45) is 0 Å². The number of thiazole rings is 1. The van der Waals surface area contributed by atoms with Crippen molar-refractivity contribution in [3.05, 3.63) is 98.1 Å². The summed E-state index contributed by atoms with van der Waals surface area (Å²) in [5.41, 5.74) is 3.45. The molecule has 0 fully saturated rings. The molecule has 0 spiro atoms. The first kappa shape index (κ1) is 21.8. The second kappa shape index (κ2) is 8.59. The first-order valence-electron chi connectivity index (χ1n) is 9.71. The third kappa shape index (κ3) is 4.45. The number of aryl methyl sites for hydroxylation is 1. The van der Waals surface area contributed by atoms with Crippen LogP contribution in [-0.2, 0) is 16.6 Å². The summed E-state index contributed by atoms with van der Waals surface area (Å²) >= 11 is 7.26. The number of fused-ring (bicyclic) bond motifs is 1. The van der Waals surface area contributed by atoms with Crippen LogP contribution in [0.2, 0.25) is 5.02 Å². The van der Waals surface area contributed by atoms with Crippen molar-refractivity contribution in [2.75, 3.05) is 0 Å². The Balaban J connectivity index is 1.66. The van der Waals surface area contributed by atoms with Gasteiger partial charge in [-0.1, -0.05) is 65.4 Å². The van der Waals surface area contributed by atoms with Crippen LogP contribution < -0.4 is 9.60 Å². The highest BCUT2D eigenvalue weighted by Crippen LogP contribution is 2.25. The fraction of sp³-hybridized carbons (Fsp3) is 0.174. The third-order valence-corrected chi connectivity index (χ3v) is 8.07. The minimum absolute atomic E-state index is 0.131. The Bertz CT molecular complexity index is 1420. The van der Waals surface area contributed by atoms with Crippen LogP contribution in [-0.4, -0.2) is 13.0 Å². The van der Waals surface area contributed by atoms with Gasteiger partial charge < -0.3 is 0 Å². The average Bonchev–Trinajstić information content (AvgIpc) is 3.04. The molecule has 0 amide bonds. The first-order valence-corrected chi connectivity index (χ1v) is 12.4. The lowest BCUT2D eigenvalue weighted by atomic mass is 10.0. The van der Waals surface area contributed by atoms with Crippen molar-refractivity contribution >= 4 is 43.2 Å². The van der Waals surface area contributed by atoms with E-state index in [1.165, 1.54) is 6.07 Å². The average molecular weight is 473 g/mol. The Morgan fingerprint density at radius 1 is 1.06 bits per heavy atom. The van der Waals surface area contributed by atoms with Crippen molar-refractivity contribution < 1.29 is 8.42 Å². The van der Waals surface area contributed by atoms with Gasteiger partial charge in [0, 0.05) is 11.1 Å². The summed E-state index contributed by atoms with van der Waals surface area (Å²) < 4.78 is 30.9. The van der Waals surface area contributed by atoms with E-state index in [1.807, 2.05) is 56.3 Å². The number of aromatic nitrogens is 1. The third-order valence-electron chi connectivity index (χ3n) is 5.22. The predicted octanol–water partition coefficient (Wildman–Crippen LogP) is 5.11. The van der Waals surface area contributed by atoms with Crippen LogP contribution in [0.4, 0.5) is 0 Å². The summed E-state index contributed by atoms with van der Waals surface area (Å²) in [5, 5.41) is 0.586. The monoisotopic (exact) mass is 472 g/mol. The molecule has 1 N–H and O–H groups in total. The summed E-state index contributed by atoms with van der Waals surface area (Å²) in [6.07, 6.45) is 0. The second-order valence-corrected chi connectivity index (χ2v) is 10.5. The van der Waals surface area contributed by atoms with Crippen LogP contribution >= 0.6 is 22.9 Å². The Labute approximate surface area is 190 Å². The van der Waals surface area contributed by atoms with Gasteiger partial charge in [-0.05, 0) is 54.8 Å². The molecule has 0 saturated heterocycles. The number of hydrogen-bond acceptors (Lipinski definition) is 4. The minimum atomic E-state index is -3.76. The van der Waals surface area contributed by atoms with E-state index in [1.54, 1.807) is 22.8 Å². The summed E-state index contributed by atoms with van der Waals surface area (Å²) in [6, 6.07) is 19.4. The Morgan fingerprint density at radius 2 is 1.77 bits per heavy atom. The maximum Gasteiger partial charge on any atom is 0.308 e. The second-order valence-electron chi connectivity index (χ2n) is 7.37. The molecule has 0 saturated carbocycles. The van der Waals surface area contributed by atoms with Gasteiger partial charge in [-0.2, -0.15) is 0 Å². The Morgan fingerprint density at radius 3 is 2.52 bits per heavy atom. The van der Waals surface area contributed by atoms with E-state index < -0.39 is 10.0 Å². The van der Waals surface area contributed by atoms with Crippen molar-refractivity contribution in [3.8, 4) is 0 Å². The minimum Gasteiger partial charge on any atom is -0.294 e. The van der Waals surface area contributed by atoms with Crippen LogP contribution in [0.15, 0.2) is 76.4 Å². The molecule has 5 nitrogen and oxygen atoms in total. The van der Waals surface area contributed by atoms with Gasteiger partial charge in [0.2, 0.25) is 10.0 Å². The zero-order valence-corrected chi connectivity index (χ0v) is 19.4. The number of nitrogens with one attached hydrogen (secondary N) is 1. The number of nitrogens with zero attached hydrogens (tertiary/aromatic N) is 1. The van der Waals surface area contributed by atoms with E-state index >= 15 is 0 Å². The molecule has 0 aliphatic rings. The number of sulfonamides is 1. The van der Waals surface area contributed by atoms with Crippen LogP contribution in [0.25, 0.3) is 10.2 Å². The van der Waals surface area contributed by atoms with E-state index in [2.05, 4.69) is 4.72 Å². The smallest absolute Gasteiger partial charge is 0.294 e. The quantitative estimate of drug-likeness (QED) is 0.424. The number of halogens is 1. The van der Waals surface area contributed by atoms with E-state index in [-0.39, 0.29) is 15.8 Å². The number of rotatable bonds is 6. The van der Waals surface area contributed by atoms with Crippen LogP contribution in [0.3, 0.4) is 0 Å². The molecular formula is C23H21ClN2O3S2. The number of benzene rings is 3. The summed E-state index contributed by atoms with van der Waals surface area (Å²) in [6.45, 7) is 4.09. The van der Waals surface area contributed by atoms with Gasteiger partial charge in [-0.15, -0.1) is 0 Å². The molecule has 4 rings (SSSR count). The Kier molecular flexibility index (Phi) is 6.03. The molecule has 31 heavy (non-hydrogen) atoms. The lowest BCUT2D eigenvalue weighted by molar-refractivity contribution is 0.566. The van der Waals surface area contributed by atoms with Gasteiger partial charge in [-0.25, -0.2) is 13.1 Å². The molecule has 1 aromatic heterocycles. The zero-order chi connectivity index (χ0) is 22.2. The molecule has 0 aliphatic heterocycles. The molecule has 4 aromatic rings. The van der Waals surface area contributed by atoms with Gasteiger partial charge in [0.25, 0.3) is 0 Å². The summed E-state index contributed by atoms with van der Waals surface area (Å²) in [7, 11) is -3.76. The molecule has 0 aliphatic carbocycles. The van der Waals surface area contributed by atoms with Crippen LogP contribution in [0.1, 0.15) is 29.7 Å². The summed E-state index contributed by atoms with van der Waals surface area (Å²) in [5.74, 6) is 0. The maximum atomic E-state index is 13.0. The molecule has 3 aromatic carbocycles. The van der Waals surface area contributed by atoms with E-state index in [9.17, 15) is 13.2 Å². The molecule has 1 heterocycles. The van der Waals surface area contributed by atoms with Gasteiger partial charge >= 0.3 is 4.87 Å². The number of hydrogen-bond donors (Lipinski definition) is 1. The van der Waals surface area contributed by atoms with Gasteiger partial charge in [0.15, 0.2) is 0 Å². The van der Waals surface area contributed by atoms with Crippen molar-refractivity contribution in [3.63, 3.8) is 0 Å². The van der Waals surface area contributed by atoms with E-state index in [0.717, 1.165) is 28.0 Å². The Hall–Kier alpha value is -2.45. The summed E-state index contributed by atoms with van der Waals surface area (Å²) in [4.78, 5) is 12.6. The first-order chi connectivity index (χ1) is 14.8. The van der Waals surface area contributed by atoms with Crippen molar-refractivity contribution in [2.45, 2.75) is 31.3 Å². The highest BCUT2D eigenvalue weighted by Gasteiger charge is 2.21. The SMILES string of the molecule is Cc1ccccc1C(C)NS(=O)(=O)c1ccc2c(c1)sc(=O)n2Cc1ccccc1Cl. The lowest BCUT2D eigenvalue weighted by Crippen LogP contribution is -2.27. The highest BCUT2D eigenvalue weighted by molar-refractivity contribution is 7.89. The lowest BCUT2D eigenvalue weighted by Gasteiger charge is -2.17. The van der Waals surface area contributed by atoms with Gasteiger partial charge in [0.05, 0.1) is 21.7 Å². The molecule has 0 radical (unpaired) electrons. The van der Waals surface area contributed by atoms with Gasteiger partial charge in [0.1, 0.15) is 0 Å². The topological polar surface area (TPSA) is 68.2 Å². The maximum absolute atomic E-state index is 13.0. The normalized spacial score (nSPS) is 12.9. The molecule has 1 unspecified atom stereocenters. The van der Waals surface area contributed by atoms with E-state index in [4.69, 9.17) is 11.6 Å². The molecule has 8 heteroatoms. The highest BCUT2D eigenvalue weighted by atomic mass is 35.5. The van der Waals surface area contributed by atoms with Crippen molar-refractivity contribution in [1.82, 2.24) is 9.29 Å². The van der Waals surface area contributed by atoms with Crippen LogP contribution in [0, 0.1) is 6.92 Å². The molecule has 0 bridgehead atoms. The van der Waals surface area contributed by atoms with Gasteiger partial charge in [-0.3, -0.25) is 9.36 Å². The standard InChI is InChI=1S/C23H21ClN2O3S2/c1-15-7-3-5-9-19(15)16(2)25-31(28,29)18-11-12-21-22(13-18)30-23(27)26(21)14-17-8-4-6-10-20(17)24/h3-13,16,25H,14H2,1-2H3. The van der Waals surface area contributed by atoms with Crippen LogP contribution in [0.5, 0.6) is 0 Å². The predicted molar refractivity (Wildman–Crippen MR) is 127 cm³/mol. The molecule has 1 atom stereocenters. The molecular weight excluding hydrogens is 452 g/mol. The molecule has 160 valence electrons. The fourth-order valence-corrected chi connectivity index (χ4v) is 6.05.